The van der Waals surface area contributed by atoms with Gasteiger partial charge in [-0.1, -0.05) is 12.1 Å². The lowest BCUT2D eigenvalue weighted by molar-refractivity contribution is -0.384. The summed E-state index contributed by atoms with van der Waals surface area (Å²) in [5.74, 6) is 0.755. The van der Waals surface area contributed by atoms with E-state index in [-0.39, 0.29) is 5.69 Å². The molecule has 0 saturated carbocycles. The molecule has 0 aliphatic heterocycles. The quantitative estimate of drug-likeness (QED) is 0.465. The first kappa shape index (κ1) is 19.4. The standard InChI is InChI=1S/C22H15N3O4/c1-28-20-10-14(12-23)6-8-16(20)17-4-3-5-19(25(26)27)22(17)18-9-7-15(13-24)11-21(18)29-2/h3-11H,1-2H3. The summed E-state index contributed by atoms with van der Waals surface area (Å²) in [7, 11) is 2.91. The Morgan fingerprint density at radius 1 is 0.828 bits per heavy atom. The van der Waals surface area contributed by atoms with Gasteiger partial charge in [0.2, 0.25) is 0 Å². The third kappa shape index (κ3) is 3.58. The Kier molecular flexibility index (Phi) is 5.43. The third-order valence-electron chi connectivity index (χ3n) is 4.46. The first-order chi connectivity index (χ1) is 14.0. The molecular weight excluding hydrogens is 370 g/mol. The zero-order valence-electron chi connectivity index (χ0n) is 15.7. The molecule has 3 aromatic carbocycles. The normalized spacial score (nSPS) is 9.93. The molecule has 29 heavy (non-hydrogen) atoms. The number of nitrogens with zero attached hydrogens (tertiary/aromatic N) is 3. The van der Waals surface area contributed by atoms with Crippen molar-refractivity contribution in [2.24, 2.45) is 0 Å². The van der Waals surface area contributed by atoms with Crippen molar-refractivity contribution in [1.29, 1.82) is 10.5 Å². The molecule has 0 unspecified atom stereocenters. The zero-order chi connectivity index (χ0) is 21.0. The number of nitriles is 2. The first-order valence-electron chi connectivity index (χ1n) is 8.48. The van der Waals surface area contributed by atoms with Gasteiger partial charge in [0.15, 0.2) is 0 Å². The first-order valence-corrected chi connectivity index (χ1v) is 8.48. The van der Waals surface area contributed by atoms with Gasteiger partial charge in [0.25, 0.3) is 5.69 Å². The second-order valence-electron chi connectivity index (χ2n) is 6.01. The number of rotatable bonds is 5. The fourth-order valence-corrected chi connectivity index (χ4v) is 3.15. The van der Waals surface area contributed by atoms with Crippen LogP contribution in [0.3, 0.4) is 0 Å². The van der Waals surface area contributed by atoms with Crippen LogP contribution in [0.15, 0.2) is 54.6 Å². The molecule has 7 nitrogen and oxygen atoms in total. The Hall–Kier alpha value is -4.36. The average Bonchev–Trinajstić information content (AvgIpc) is 2.77. The van der Waals surface area contributed by atoms with Crippen LogP contribution in [0.2, 0.25) is 0 Å². The van der Waals surface area contributed by atoms with Crippen molar-refractivity contribution in [3.63, 3.8) is 0 Å². The van der Waals surface area contributed by atoms with Gasteiger partial charge in [-0.05, 0) is 36.4 Å². The van der Waals surface area contributed by atoms with Crippen LogP contribution >= 0.6 is 0 Å². The predicted octanol–water partition coefficient (Wildman–Crippen LogP) is 4.69. The van der Waals surface area contributed by atoms with Gasteiger partial charge < -0.3 is 9.47 Å². The highest BCUT2D eigenvalue weighted by Crippen LogP contribution is 2.45. The van der Waals surface area contributed by atoms with E-state index in [0.29, 0.717) is 44.9 Å². The summed E-state index contributed by atoms with van der Waals surface area (Å²) in [5.41, 5.74) is 2.62. The lowest BCUT2D eigenvalue weighted by atomic mass is 9.91. The molecule has 0 bridgehead atoms. The van der Waals surface area contributed by atoms with Crippen LogP contribution in [0.5, 0.6) is 11.5 Å². The second kappa shape index (κ2) is 8.12. The number of nitro benzene ring substituents is 1. The highest BCUT2D eigenvalue weighted by Gasteiger charge is 2.24. The number of nitro groups is 1. The fourth-order valence-electron chi connectivity index (χ4n) is 3.15. The van der Waals surface area contributed by atoms with Crippen LogP contribution in [0, 0.1) is 32.8 Å². The van der Waals surface area contributed by atoms with Gasteiger partial charge in [0, 0.05) is 22.8 Å². The molecule has 0 fully saturated rings. The summed E-state index contributed by atoms with van der Waals surface area (Å²) in [6.07, 6.45) is 0. The van der Waals surface area contributed by atoms with E-state index in [0.717, 1.165) is 0 Å². The molecule has 0 spiro atoms. The number of hydrogen-bond acceptors (Lipinski definition) is 6. The molecule has 0 amide bonds. The highest BCUT2D eigenvalue weighted by molar-refractivity contribution is 5.93. The summed E-state index contributed by atoms with van der Waals surface area (Å²) in [6, 6.07) is 18.4. The van der Waals surface area contributed by atoms with Gasteiger partial charge in [0.05, 0.1) is 48.0 Å². The van der Waals surface area contributed by atoms with Crippen LogP contribution in [0.4, 0.5) is 5.69 Å². The Morgan fingerprint density at radius 2 is 1.38 bits per heavy atom. The largest absolute Gasteiger partial charge is 0.496 e. The van der Waals surface area contributed by atoms with E-state index in [2.05, 4.69) is 0 Å². The van der Waals surface area contributed by atoms with Crippen LogP contribution in [0.1, 0.15) is 11.1 Å². The molecule has 0 atom stereocenters. The van der Waals surface area contributed by atoms with Gasteiger partial charge in [-0.3, -0.25) is 10.1 Å². The SMILES string of the molecule is COc1cc(C#N)ccc1-c1cccc([N+](=O)[O-])c1-c1ccc(C#N)cc1OC. The number of hydrogen-bond donors (Lipinski definition) is 0. The lowest BCUT2D eigenvalue weighted by Gasteiger charge is -2.16. The van der Waals surface area contributed by atoms with Crippen LogP contribution < -0.4 is 9.47 Å². The van der Waals surface area contributed by atoms with E-state index in [1.807, 2.05) is 12.1 Å². The Bertz CT molecular complexity index is 1190. The number of methoxy groups -OCH3 is 2. The van der Waals surface area contributed by atoms with Gasteiger partial charge in [-0.15, -0.1) is 0 Å². The van der Waals surface area contributed by atoms with Crippen molar-refractivity contribution in [3.8, 4) is 45.9 Å². The van der Waals surface area contributed by atoms with Crippen LogP contribution in [-0.2, 0) is 0 Å². The van der Waals surface area contributed by atoms with E-state index < -0.39 is 4.92 Å². The Balaban J connectivity index is 2.39. The van der Waals surface area contributed by atoms with E-state index in [1.54, 1.807) is 42.5 Å². The smallest absolute Gasteiger partial charge is 0.277 e. The molecule has 3 aromatic rings. The Morgan fingerprint density at radius 3 is 1.90 bits per heavy atom. The van der Waals surface area contributed by atoms with Gasteiger partial charge >= 0.3 is 0 Å². The van der Waals surface area contributed by atoms with Crippen LogP contribution in [0.25, 0.3) is 22.3 Å². The maximum atomic E-state index is 11.8. The second-order valence-corrected chi connectivity index (χ2v) is 6.01. The minimum absolute atomic E-state index is 0.114. The van der Waals surface area contributed by atoms with E-state index in [9.17, 15) is 10.1 Å². The zero-order valence-corrected chi connectivity index (χ0v) is 15.7. The number of benzene rings is 3. The van der Waals surface area contributed by atoms with Gasteiger partial charge in [0.1, 0.15) is 11.5 Å². The molecule has 0 aliphatic rings. The third-order valence-corrected chi connectivity index (χ3v) is 4.46. The van der Waals surface area contributed by atoms with E-state index >= 15 is 0 Å². The molecule has 0 aliphatic carbocycles. The summed E-state index contributed by atoms with van der Waals surface area (Å²) in [4.78, 5) is 11.3. The van der Waals surface area contributed by atoms with Crippen molar-refractivity contribution in [3.05, 3.63) is 75.8 Å². The maximum Gasteiger partial charge on any atom is 0.277 e. The molecule has 0 aromatic heterocycles. The lowest BCUT2D eigenvalue weighted by Crippen LogP contribution is -1.98. The summed E-state index contributed by atoms with van der Waals surface area (Å²) < 4.78 is 10.8. The molecule has 0 radical (unpaired) electrons. The summed E-state index contributed by atoms with van der Waals surface area (Å²) in [6.45, 7) is 0. The minimum Gasteiger partial charge on any atom is -0.496 e. The predicted molar refractivity (Wildman–Crippen MR) is 107 cm³/mol. The molecule has 0 heterocycles. The molecule has 0 saturated heterocycles. The van der Waals surface area contributed by atoms with Gasteiger partial charge in [-0.2, -0.15) is 10.5 Å². The summed E-state index contributed by atoms with van der Waals surface area (Å²) >= 11 is 0. The van der Waals surface area contributed by atoms with E-state index in [1.165, 1.54) is 26.4 Å². The number of ether oxygens (including phenoxy) is 2. The van der Waals surface area contributed by atoms with Crippen molar-refractivity contribution in [2.75, 3.05) is 14.2 Å². The van der Waals surface area contributed by atoms with Crippen molar-refractivity contribution in [2.45, 2.75) is 0 Å². The van der Waals surface area contributed by atoms with Crippen molar-refractivity contribution in [1.82, 2.24) is 0 Å². The molecule has 3 rings (SSSR count). The van der Waals surface area contributed by atoms with Crippen molar-refractivity contribution >= 4 is 5.69 Å². The van der Waals surface area contributed by atoms with Gasteiger partial charge in [-0.25, -0.2) is 0 Å². The molecule has 7 heteroatoms. The molecule has 0 N–H and O–H groups in total. The topological polar surface area (TPSA) is 109 Å². The molecule has 142 valence electrons. The Labute approximate surface area is 167 Å². The molecular formula is C22H15N3O4. The fraction of sp³-hybridized carbons (Fsp3) is 0.0909. The minimum atomic E-state index is -0.466. The average molecular weight is 385 g/mol. The maximum absolute atomic E-state index is 11.8. The summed E-state index contributed by atoms with van der Waals surface area (Å²) in [5, 5.41) is 30.1. The van der Waals surface area contributed by atoms with Crippen molar-refractivity contribution < 1.29 is 14.4 Å². The highest BCUT2D eigenvalue weighted by atomic mass is 16.6. The van der Waals surface area contributed by atoms with Crippen LogP contribution in [-0.4, -0.2) is 19.1 Å². The monoisotopic (exact) mass is 385 g/mol. The van der Waals surface area contributed by atoms with E-state index in [4.69, 9.17) is 20.0 Å².